The molecule has 0 bridgehead atoms. The molecule has 13 heteroatoms. The molecule has 1 atom stereocenters. The zero-order valence-electron chi connectivity index (χ0n) is 20.8. The summed E-state index contributed by atoms with van der Waals surface area (Å²) in [4.78, 5) is 49.8. The molecule has 2 N–H and O–H groups in total. The summed E-state index contributed by atoms with van der Waals surface area (Å²) in [6, 6.07) is 14.5. The number of fused-ring (bicyclic) bond motifs is 3. The smallest absolute Gasteiger partial charge is 0.351 e. The van der Waals surface area contributed by atoms with Gasteiger partial charge >= 0.3 is 6.18 Å². The van der Waals surface area contributed by atoms with Crippen molar-refractivity contribution in [3.05, 3.63) is 82.0 Å². The number of aliphatic imine (C=N–C) groups is 2. The van der Waals surface area contributed by atoms with Gasteiger partial charge in [0.05, 0.1) is 23.5 Å². The molecule has 0 saturated carbocycles. The molecule has 0 saturated heterocycles. The number of anilines is 1. The molecule has 2 aromatic carbocycles. The van der Waals surface area contributed by atoms with Crippen LogP contribution in [0.3, 0.4) is 0 Å². The molecule has 206 valence electrons. The molecule has 0 spiro atoms. The molecule has 5 rings (SSSR count). The second-order valence-corrected chi connectivity index (χ2v) is 10.8. The molecule has 1 aromatic heterocycles. The van der Waals surface area contributed by atoms with Crippen LogP contribution in [0.1, 0.15) is 28.8 Å². The highest BCUT2D eigenvalue weighted by atomic mass is 32.2. The highest BCUT2D eigenvalue weighted by molar-refractivity contribution is 8.14. The Morgan fingerprint density at radius 2 is 1.88 bits per heavy atom. The van der Waals surface area contributed by atoms with Gasteiger partial charge in [-0.05, 0) is 48.2 Å². The third-order valence-corrected chi connectivity index (χ3v) is 7.85. The Labute approximate surface area is 235 Å². The number of amides is 3. The lowest BCUT2D eigenvalue weighted by atomic mass is 10.1. The number of halogens is 3. The zero-order valence-corrected chi connectivity index (χ0v) is 22.4. The molecule has 0 radical (unpaired) electrons. The molecule has 0 unspecified atom stereocenters. The van der Waals surface area contributed by atoms with E-state index in [4.69, 9.17) is 0 Å². The Hall–Kier alpha value is -3.97. The van der Waals surface area contributed by atoms with Crippen LogP contribution in [0.2, 0.25) is 0 Å². The van der Waals surface area contributed by atoms with E-state index in [2.05, 4.69) is 20.6 Å². The largest absolute Gasteiger partial charge is 0.416 e. The number of benzene rings is 2. The Morgan fingerprint density at radius 3 is 2.65 bits per heavy atom. The number of amidine groups is 2. The summed E-state index contributed by atoms with van der Waals surface area (Å²) < 4.78 is 39.0. The van der Waals surface area contributed by atoms with Gasteiger partial charge in [-0.15, -0.1) is 11.3 Å². The van der Waals surface area contributed by atoms with E-state index in [-0.39, 0.29) is 41.3 Å². The number of hydrogen-bond donors (Lipinski definition) is 2. The Kier molecular flexibility index (Phi) is 8.03. The second-order valence-electron chi connectivity index (χ2n) is 8.86. The van der Waals surface area contributed by atoms with Crippen molar-refractivity contribution in [2.75, 3.05) is 11.1 Å². The monoisotopic (exact) mass is 585 g/mol. The van der Waals surface area contributed by atoms with Crippen LogP contribution in [0.25, 0.3) is 0 Å². The van der Waals surface area contributed by atoms with Crippen LogP contribution >= 0.6 is 23.1 Å². The molecule has 2 aliphatic rings. The average molecular weight is 586 g/mol. The second kappa shape index (κ2) is 11.6. The fourth-order valence-corrected chi connectivity index (χ4v) is 5.59. The van der Waals surface area contributed by atoms with Gasteiger partial charge in [0.25, 0.3) is 5.91 Å². The van der Waals surface area contributed by atoms with Crippen molar-refractivity contribution < 1.29 is 27.6 Å². The number of thiophene rings is 1. The van der Waals surface area contributed by atoms with Crippen LogP contribution in [-0.2, 0) is 27.1 Å². The number of nitrogens with zero attached hydrogens (tertiary/aromatic N) is 3. The fourth-order valence-electron chi connectivity index (χ4n) is 4.14. The predicted octanol–water partition coefficient (Wildman–Crippen LogP) is 5.19. The Bertz CT molecular complexity index is 1510. The summed E-state index contributed by atoms with van der Waals surface area (Å²) >= 11 is 2.51. The van der Waals surface area contributed by atoms with Crippen LogP contribution < -0.4 is 10.6 Å². The minimum Gasteiger partial charge on any atom is -0.351 e. The maximum atomic E-state index is 13.4. The van der Waals surface area contributed by atoms with E-state index in [1.165, 1.54) is 28.4 Å². The third kappa shape index (κ3) is 6.26. The van der Waals surface area contributed by atoms with E-state index in [0.717, 1.165) is 28.8 Å². The first-order chi connectivity index (χ1) is 19.2. The molecular weight excluding hydrogens is 563 g/mol. The summed E-state index contributed by atoms with van der Waals surface area (Å²) in [6.45, 7) is 0.416. The fraction of sp³-hybridized carbons (Fsp3) is 0.222. The van der Waals surface area contributed by atoms with E-state index < -0.39 is 23.7 Å². The van der Waals surface area contributed by atoms with Gasteiger partial charge < -0.3 is 10.6 Å². The van der Waals surface area contributed by atoms with Crippen molar-refractivity contribution in [1.29, 1.82) is 0 Å². The first-order valence-corrected chi connectivity index (χ1v) is 14.0. The topological polar surface area (TPSA) is 103 Å². The van der Waals surface area contributed by atoms with Gasteiger partial charge in [0.1, 0.15) is 11.9 Å². The summed E-state index contributed by atoms with van der Waals surface area (Å²) in [6.07, 6.45) is -4.23. The summed E-state index contributed by atoms with van der Waals surface area (Å²) in [5.41, 5.74) is 0.355. The highest BCUT2D eigenvalue weighted by Gasteiger charge is 2.41. The normalized spacial score (nSPS) is 16.1. The van der Waals surface area contributed by atoms with Gasteiger partial charge in [-0.25, -0.2) is 9.89 Å². The van der Waals surface area contributed by atoms with Crippen molar-refractivity contribution in [2.24, 2.45) is 9.98 Å². The molecular formula is C27H22F3N5O3S2. The number of para-hydroxylation sites is 1. The van der Waals surface area contributed by atoms with Gasteiger partial charge in [-0.2, -0.15) is 13.2 Å². The standard InChI is InChI=1S/C27H22F3N5O3S2/c28-27(29,30)16-5-3-6-17(13-16)32-23(37)15-40-26-34-20-9-2-1-8-19(20)24-33-21(25(38)35(24)26)10-11-22(36)31-14-18-7-4-12-39-18/h1-9,12-13,21H,10-11,14-15H2,(H,31,36)(H,32,37)/t21-/m0/s1. The first-order valence-electron chi connectivity index (χ1n) is 12.2. The highest BCUT2D eigenvalue weighted by Crippen LogP contribution is 2.34. The van der Waals surface area contributed by atoms with E-state index >= 15 is 0 Å². The lowest BCUT2D eigenvalue weighted by Crippen LogP contribution is -2.41. The number of thioether (sulfide) groups is 1. The van der Waals surface area contributed by atoms with E-state index in [0.29, 0.717) is 23.6 Å². The van der Waals surface area contributed by atoms with Gasteiger partial charge in [0.2, 0.25) is 11.8 Å². The Morgan fingerprint density at radius 1 is 1.05 bits per heavy atom. The molecule has 8 nitrogen and oxygen atoms in total. The van der Waals surface area contributed by atoms with Crippen molar-refractivity contribution in [3.8, 4) is 0 Å². The molecule has 2 aliphatic heterocycles. The van der Waals surface area contributed by atoms with Crippen LogP contribution in [0.4, 0.5) is 24.5 Å². The van der Waals surface area contributed by atoms with Crippen molar-refractivity contribution in [3.63, 3.8) is 0 Å². The van der Waals surface area contributed by atoms with E-state index in [1.807, 2.05) is 17.5 Å². The number of hydrogen-bond acceptors (Lipinski definition) is 7. The number of rotatable bonds is 8. The van der Waals surface area contributed by atoms with Crippen LogP contribution in [0, 0.1) is 0 Å². The number of carbonyl (C=O) groups excluding carboxylic acids is 3. The average Bonchev–Trinajstić information content (AvgIpc) is 3.57. The number of nitrogens with one attached hydrogen (secondary N) is 2. The summed E-state index contributed by atoms with van der Waals surface area (Å²) in [7, 11) is 0. The van der Waals surface area contributed by atoms with Crippen molar-refractivity contribution >= 4 is 63.2 Å². The molecule has 0 fully saturated rings. The van der Waals surface area contributed by atoms with E-state index in [1.54, 1.807) is 24.3 Å². The van der Waals surface area contributed by atoms with Gasteiger partial charge in [-0.3, -0.25) is 19.4 Å². The lowest BCUT2D eigenvalue weighted by Gasteiger charge is -2.25. The van der Waals surface area contributed by atoms with Crippen LogP contribution in [-0.4, -0.2) is 45.4 Å². The van der Waals surface area contributed by atoms with Crippen LogP contribution in [0.5, 0.6) is 0 Å². The van der Waals surface area contributed by atoms with Gasteiger partial charge in [0.15, 0.2) is 5.17 Å². The molecule has 3 amide bonds. The molecule has 3 heterocycles. The third-order valence-electron chi connectivity index (χ3n) is 6.04. The van der Waals surface area contributed by atoms with Crippen molar-refractivity contribution in [1.82, 2.24) is 10.2 Å². The summed E-state index contributed by atoms with van der Waals surface area (Å²) in [5.74, 6) is -0.930. The Balaban J connectivity index is 1.25. The summed E-state index contributed by atoms with van der Waals surface area (Å²) in [5, 5.41) is 7.45. The maximum Gasteiger partial charge on any atom is 0.416 e. The number of alkyl halides is 3. The minimum atomic E-state index is -4.53. The quantitative estimate of drug-likeness (QED) is 0.380. The number of carbonyl (C=O) groups is 3. The molecule has 3 aromatic rings. The van der Waals surface area contributed by atoms with Gasteiger partial charge in [0, 0.05) is 22.5 Å². The maximum absolute atomic E-state index is 13.4. The van der Waals surface area contributed by atoms with Gasteiger partial charge in [-0.1, -0.05) is 36.0 Å². The molecule has 40 heavy (non-hydrogen) atoms. The van der Waals surface area contributed by atoms with E-state index in [9.17, 15) is 27.6 Å². The molecule has 0 aliphatic carbocycles. The SMILES string of the molecule is O=C(CC[C@@H]1N=C2c3ccccc3N=C(SCC(=O)Nc3cccc(C(F)(F)F)c3)N2C1=O)NCc1cccs1. The first kappa shape index (κ1) is 27.6. The predicted molar refractivity (Wildman–Crippen MR) is 149 cm³/mol. The minimum absolute atomic E-state index is 0.00766. The van der Waals surface area contributed by atoms with Crippen LogP contribution in [0.15, 0.2) is 76.0 Å². The zero-order chi connectivity index (χ0) is 28.3. The van der Waals surface area contributed by atoms with Crippen molar-refractivity contribution in [2.45, 2.75) is 31.6 Å². The lowest BCUT2D eigenvalue weighted by molar-refractivity contribution is -0.137.